The van der Waals surface area contributed by atoms with Crippen LogP contribution in [0.4, 0.5) is 0 Å². The fourth-order valence-corrected chi connectivity index (χ4v) is 3.63. The van der Waals surface area contributed by atoms with E-state index < -0.39 is 0 Å². The minimum Gasteiger partial charge on any atom is -0.457 e. The van der Waals surface area contributed by atoms with Gasteiger partial charge >= 0.3 is 0 Å². The van der Waals surface area contributed by atoms with Crippen LogP contribution in [-0.2, 0) is 0 Å². The van der Waals surface area contributed by atoms with Crippen LogP contribution in [0.1, 0.15) is 33.8 Å². The van der Waals surface area contributed by atoms with Crippen molar-refractivity contribution in [1.29, 1.82) is 0 Å². The van der Waals surface area contributed by atoms with E-state index >= 15 is 0 Å². The van der Waals surface area contributed by atoms with Crippen LogP contribution in [0.15, 0.2) is 115 Å². The number of amides is 1. The molecule has 4 aromatic rings. The lowest BCUT2D eigenvalue weighted by Crippen LogP contribution is -2.25. The Hall–Kier alpha value is -3.85. The molecule has 3 nitrogen and oxygen atoms in total. The van der Waals surface area contributed by atoms with Gasteiger partial charge < -0.3 is 10.1 Å². The molecule has 0 aromatic heterocycles. The molecular formula is C28H25NO2. The summed E-state index contributed by atoms with van der Waals surface area (Å²) < 4.78 is 5.79. The van der Waals surface area contributed by atoms with E-state index in [0.29, 0.717) is 17.9 Å². The van der Waals surface area contributed by atoms with Crippen molar-refractivity contribution in [2.45, 2.75) is 12.3 Å². The van der Waals surface area contributed by atoms with Gasteiger partial charge in [-0.3, -0.25) is 4.79 Å². The molecule has 0 radical (unpaired) electrons. The Labute approximate surface area is 183 Å². The Morgan fingerprint density at radius 2 is 1.13 bits per heavy atom. The lowest BCUT2D eigenvalue weighted by atomic mass is 9.88. The van der Waals surface area contributed by atoms with Crippen molar-refractivity contribution < 1.29 is 9.53 Å². The molecule has 4 rings (SSSR count). The first-order valence-electron chi connectivity index (χ1n) is 10.5. The van der Waals surface area contributed by atoms with Gasteiger partial charge in [0.1, 0.15) is 11.5 Å². The summed E-state index contributed by atoms with van der Waals surface area (Å²) in [7, 11) is 0. The Balaban J connectivity index is 1.36. The fourth-order valence-electron chi connectivity index (χ4n) is 3.63. The third-order valence-corrected chi connectivity index (χ3v) is 5.22. The van der Waals surface area contributed by atoms with Crippen LogP contribution >= 0.6 is 0 Å². The molecule has 0 bridgehead atoms. The number of carbonyl (C=O) groups is 1. The number of rotatable bonds is 8. The van der Waals surface area contributed by atoms with Crippen LogP contribution < -0.4 is 10.1 Å². The molecule has 0 saturated carbocycles. The SMILES string of the molecule is O=C(NCCC(c1ccccc1)c1ccccc1)c1ccc(Oc2ccccc2)cc1. The number of nitrogens with one attached hydrogen (secondary N) is 1. The van der Waals surface area contributed by atoms with E-state index in [1.165, 1.54) is 11.1 Å². The molecule has 1 amide bonds. The minimum absolute atomic E-state index is 0.0777. The van der Waals surface area contributed by atoms with Gasteiger partial charge in [-0.15, -0.1) is 0 Å². The highest BCUT2D eigenvalue weighted by molar-refractivity contribution is 5.94. The summed E-state index contributed by atoms with van der Waals surface area (Å²) in [6, 6.07) is 37.7. The number of ether oxygens (including phenoxy) is 1. The predicted octanol–water partition coefficient (Wildman–Crippen LogP) is 6.43. The van der Waals surface area contributed by atoms with Crippen LogP contribution in [0.3, 0.4) is 0 Å². The van der Waals surface area contributed by atoms with Crippen molar-refractivity contribution >= 4 is 5.91 Å². The van der Waals surface area contributed by atoms with Crippen molar-refractivity contribution in [2.24, 2.45) is 0 Å². The Bertz CT molecular complexity index is 1040. The van der Waals surface area contributed by atoms with Gasteiger partial charge in [-0.25, -0.2) is 0 Å². The van der Waals surface area contributed by atoms with Crippen molar-refractivity contribution in [3.63, 3.8) is 0 Å². The highest BCUT2D eigenvalue weighted by atomic mass is 16.5. The largest absolute Gasteiger partial charge is 0.457 e. The van der Waals surface area contributed by atoms with Gasteiger partial charge in [-0.05, 0) is 53.9 Å². The summed E-state index contributed by atoms with van der Waals surface area (Å²) in [4.78, 5) is 12.6. The standard InChI is InChI=1S/C28H25NO2/c30-28(24-16-18-26(19-17-24)31-25-14-8-3-9-15-25)29-21-20-27(22-10-4-1-5-11-22)23-12-6-2-7-13-23/h1-19,27H,20-21H2,(H,29,30). The first-order chi connectivity index (χ1) is 15.3. The number of hydrogen-bond acceptors (Lipinski definition) is 2. The lowest BCUT2D eigenvalue weighted by Gasteiger charge is -2.18. The highest BCUT2D eigenvalue weighted by Gasteiger charge is 2.14. The third-order valence-electron chi connectivity index (χ3n) is 5.22. The van der Waals surface area contributed by atoms with E-state index in [1.807, 2.05) is 54.6 Å². The van der Waals surface area contributed by atoms with Crippen LogP contribution in [-0.4, -0.2) is 12.5 Å². The first kappa shape index (κ1) is 20.4. The van der Waals surface area contributed by atoms with Crippen molar-refractivity contribution in [2.75, 3.05) is 6.54 Å². The zero-order chi connectivity index (χ0) is 21.3. The average molecular weight is 408 g/mol. The summed E-state index contributed by atoms with van der Waals surface area (Å²) in [6.07, 6.45) is 0.828. The van der Waals surface area contributed by atoms with E-state index in [0.717, 1.165) is 12.2 Å². The monoisotopic (exact) mass is 407 g/mol. The Morgan fingerprint density at radius 3 is 1.68 bits per heavy atom. The summed E-state index contributed by atoms with van der Waals surface area (Å²) in [6.45, 7) is 0.593. The van der Waals surface area contributed by atoms with E-state index in [1.54, 1.807) is 12.1 Å². The van der Waals surface area contributed by atoms with Gasteiger partial charge in [0.05, 0.1) is 0 Å². The number of carbonyl (C=O) groups excluding carboxylic acids is 1. The maximum atomic E-state index is 12.6. The molecule has 31 heavy (non-hydrogen) atoms. The minimum atomic E-state index is -0.0777. The second-order valence-corrected chi connectivity index (χ2v) is 7.36. The molecule has 0 aliphatic rings. The normalized spacial score (nSPS) is 10.6. The van der Waals surface area contributed by atoms with Gasteiger partial charge in [-0.2, -0.15) is 0 Å². The van der Waals surface area contributed by atoms with Gasteiger partial charge in [0.25, 0.3) is 5.91 Å². The molecule has 3 heteroatoms. The second-order valence-electron chi connectivity index (χ2n) is 7.36. The van der Waals surface area contributed by atoms with Crippen molar-refractivity contribution in [3.05, 3.63) is 132 Å². The maximum Gasteiger partial charge on any atom is 0.251 e. The van der Waals surface area contributed by atoms with Crippen molar-refractivity contribution in [3.8, 4) is 11.5 Å². The zero-order valence-corrected chi connectivity index (χ0v) is 17.3. The summed E-state index contributed by atoms with van der Waals surface area (Å²) in [5, 5.41) is 3.06. The molecule has 0 aliphatic carbocycles. The van der Waals surface area contributed by atoms with E-state index in [9.17, 15) is 4.79 Å². The molecule has 0 spiro atoms. The molecule has 0 aliphatic heterocycles. The molecule has 4 aromatic carbocycles. The first-order valence-corrected chi connectivity index (χ1v) is 10.5. The zero-order valence-electron chi connectivity index (χ0n) is 17.3. The number of hydrogen-bond donors (Lipinski definition) is 1. The highest BCUT2D eigenvalue weighted by Crippen LogP contribution is 2.27. The van der Waals surface area contributed by atoms with Gasteiger partial charge in [0.15, 0.2) is 0 Å². The molecule has 0 atom stereocenters. The summed E-state index contributed by atoms with van der Waals surface area (Å²) in [5.74, 6) is 1.64. The third kappa shape index (κ3) is 5.61. The van der Waals surface area contributed by atoms with Crippen LogP contribution in [0.5, 0.6) is 11.5 Å². The fraction of sp³-hybridized carbons (Fsp3) is 0.107. The Kier molecular flexibility index (Phi) is 6.76. The smallest absolute Gasteiger partial charge is 0.251 e. The van der Waals surface area contributed by atoms with Gasteiger partial charge in [0, 0.05) is 18.0 Å². The summed E-state index contributed by atoms with van der Waals surface area (Å²) >= 11 is 0. The topological polar surface area (TPSA) is 38.3 Å². The lowest BCUT2D eigenvalue weighted by molar-refractivity contribution is 0.0953. The van der Waals surface area contributed by atoms with Gasteiger partial charge in [0.2, 0.25) is 0 Å². The number of para-hydroxylation sites is 1. The second kappa shape index (κ2) is 10.3. The average Bonchev–Trinajstić information content (AvgIpc) is 2.84. The van der Waals surface area contributed by atoms with E-state index in [2.05, 4.69) is 53.8 Å². The Morgan fingerprint density at radius 1 is 0.645 bits per heavy atom. The molecule has 0 heterocycles. The van der Waals surface area contributed by atoms with Gasteiger partial charge in [-0.1, -0.05) is 78.9 Å². The van der Waals surface area contributed by atoms with E-state index in [-0.39, 0.29) is 11.8 Å². The van der Waals surface area contributed by atoms with Crippen molar-refractivity contribution in [1.82, 2.24) is 5.32 Å². The maximum absolute atomic E-state index is 12.6. The molecular weight excluding hydrogens is 382 g/mol. The van der Waals surface area contributed by atoms with Crippen LogP contribution in [0, 0.1) is 0 Å². The van der Waals surface area contributed by atoms with E-state index in [4.69, 9.17) is 4.74 Å². The predicted molar refractivity (Wildman–Crippen MR) is 125 cm³/mol. The van der Waals surface area contributed by atoms with Crippen LogP contribution in [0.2, 0.25) is 0 Å². The molecule has 0 unspecified atom stereocenters. The molecule has 1 N–H and O–H groups in total. The quantitative estimate of drug-likeness (QED) is 0.365. The molecule has 0 saturated heterocycles. The summed E-state index contributed by atoms with van der Waals surface area (Å²) in [5.41, 5.74) is 3.13. The number of benzene rings is 4. The van der Waals surface area contributed by atoms with Crippen LogP contribution in [0.25, 0.3) is 0 Å². The molecule has 154 valence electrons. The molecule has 0 fully saturated rings.